The Balaban J connectivity index is 3.41. The lowest BCUT2D eigenvalue weighted by molar-refractivity contribution is 0.101. The third-order valence-corrected chi connectivity index (χ3v) is 2.05. The second-order valence-corrected chi connectivity index (χ2v) is 2.97. The van der Waals surface area contributed by atoms with E-state index in [0.717, 1.165) is 12.1 Å². The van der Waals surface area contributed by atoms with E-state index in [1.165, 1.54) is 0 Å². The molecule has 0 saturated heterocycles. The maximum absolute atomic E-state index is 13.1. The fourth-order valence-corrected chi connectivity index (χ4v) is 1.23. The average Bonchev–Trinajstić information content (AvgIpc) is 2.27. The third-order valence-electron chi connectivity index (χ3n) is 1.81. The summed E-state index contributed by atoms with van der Waals surface area (Å²) in [5.74, 6) is -1.73. The van der Waals surface area contributed by atoms with Gasteiger partial charge in [0.25, 0.3) is 0 Å². The van der Waals surface area contributed by atoms with Gasteiger partial charge in [0.2, 0.25) is 0 Å². The van der Waals surface area contributed by atoms with Gasteiger partial charge in [-0.05, 0) is 12.1 Å². The number of carbonyl (C=O) groups is 2. The van der Waals surface area contributed by atoms with Crippen molar-refractivity contribution in [1.29, 1.82) is 5.26 Å². The Morgan fingerprint density at radius 3 is 2.73 bits per heavy atom. The first-order valence-corrected chi connectivity index (χ1v) is 4.45. The summed E-state index contributed by atoms with van der Waals surface area (Å²) >= 11 is 5.29. The summed E-state index contributed by atoms with van der Waals surface area (Å²) < 4.78 is 13.1. The topological polar surface area (TPSA) is 57.9 Å². The summed E-state index contributed by atoms with van der Waals surface area (Å²) in [4.78, 5) is 21.8. The number of Topliss-reactive ketones (excluding diaryl/α,β-unsaturated/α-hetero) is 1. The maximum Gasteiger partial charge on any atom is 0.178 e. The fraction of sp³-hybridized carbons (Fsp3) is 0.100. The quantitative estimate of drug-likeness (QED) is 0.449. The number of hydrogen-bond donors (Lipinski definition) is 0. The highest BCUT2D eigenvalue weighted by atomic mass is 35.5. The van der Waals surface area contributed by atoms with Gasteiger partial charge in [0, 0.05) is 11.1 Å². The molecule has 1 rings (SSSR count). The summed E-state index contributed by atoms with van der Waals surface area (Å²) in [7, 11) is 0. The second kappa shape index (κ2) is 4.67. The zero-order chi connectivity index (χ0) is 11.4. The van der Waals surface area contributed by atoms with Crippen molar-refractivity contribution in [3.63, 3.8) is 0 Å². The summed E-state index contributed by atoms with van der Waals surface area (Å²) in [5, 5.41) is 8.51. The molecule has 76 valence electrons. The predicted octanol–water partition coefficient (Wildman–Crippen LogP) is 1.93. The summed E-state index contributed by atoms with van der Waals surface area (Å²) in [6.45, 7) is 0. The first-order valence-electron chi connectivity index (χ1n) is 3.92. The van der Waals surface area contributed by atoms with Crippen LogP contribution in [-0.4, -0.2) is 17.9 Å². The van der Waals surface area contributed by atoms with Gasteiger partial charge in [-0.25, -0.2) is 4.39 Å². The zero-order valence-electron chi connectivity index (χ0n) is 7.46. The van der Waals surface area contributed by atoms with Gasteiger partial charge in [0.05, 0.1) is 11.4 Å². The van der Waals surface area contributed by atoms with E-state index in [4.69, 9.17) is 16.9 Å². The van der Waals surface area contributed by atoms with Gasteiger partial charge in [-0.2, -0.15) is 5.26 Å². The van der Waals surface area contributed by atoms with Crippen LogP contribution < -0.4 is 0 Å². The van der Waals surface area contributed by atoms with Gasteiger partial charge in [0.1, 0.15) is 11.9 Å². The monoisotopic (exact) mass is 225 g/mol. The SMILES string of the molecule is N#Cc1cc(C=O)c(C(=O)CCl)cc1F. The highest BCUT2D eigenvalue weighted by Gasteiger charge is 2.14. The van der Waals surface area contributed by atoms with Crippen LogP contribution in [0.3, 0.4) is 0 Å². The molecule has 0 atom stereocenters. The summed E-state index contributed by atoms with van der Waals surface area (Å²) in [5.41, 5.74) is -0.404. The van der Waals surface area contributed by atoms with Crippen molar-refractivity contribution in [3.8, 4) is 6.07 Å². The molecule has 0 amide bonds. The molecule has 0 N–H and O–H groups in total. The Hall–Kier alpha value is -1.73. The minimum absolute atomic E-state index is 0.0291. The number of aldehydes is 1. The van der Waals surface area contributed by atoms with Crippen molar-refractivity contribution in [3.05, 3.63) is 34.6 Å². The Morgan fingerprint density at radius 2 is 2.27 bits per heavy atom. The normalized spacial score (nSPS) is 9.40. The van der Waals surface area contributed by atoms with Crippen molar-refractivity contribution in [2.45, 2.75) is 0 Å². The third kappa shape index (κ3) is 2.20. The first kappa shape index (κ1) is 11.3. The maximum atomic E-state index is 13.1. The van der Waals surface area contributed by atoms with Crippen LogP contribution in [-0.2, 0) is 0 Å². The van der Waals surface area contributed by atoms with Crippen LogP contribution in [0, 0.1) is 17.1 Å². The van der Waals surface area contributed by atoms with E-state index < -0.39 is 11.6 Å². The van der Waals surface area contributed by atoms with Crippen LogP contribution in [0.2, 0.25) is 0 Å². The van der Waals surface area contributed by atoms with E-state index in [0.29, 0.717) is 6.29 Å². The van der Waals surface area contributed by atoms with Gasteiger partial charge >= 0.3 is 0 Å². The predicted molar refractivity (Wildman–Crippen MR) is 51.6 cm³/mol. The smallest absolute Gasteiger partial charge is 0.178 e. The summed E-state index contributed by atoms with van der Waals surface area (Å²) in [6.07, 6.45) is 0.389. The average molecular weight is 226 g/mol. The minimum Gasteiger partial charge on any atom is -0.298 e. The van der Waals surface area contributed by atoms with Crippen LogP contribution in [0.25, 0.3) is 0 Å². The highest BCUT2D eigenvalue weighted by molar-refractivity contribution is 6.31. The molecule has 0 unspecified atom stereocenters. The van der Waals surface area contributed by atoms with Crippen molar-refractivity contribution >= 4 is 23.7 Å². The van der Waals surface area contributed by atoms with Crippen LogP contribution in [0.5, 0.6) is 0 Å². The van der Waals surface area contributed by atoms with E-state index in [1.807, 2.05) is 0 Å². The number of halogens is 2. The van der Waals surface area contributed by atoms with Crippen LogP contribution in [0.1, 0.15) is 26.3 Å². The number of rotatable bonds is 3. The molecule has 0 bridgehead atoms. The van der Waals surface area contributed by atoms with E-state index in [9.17, 15) is 14.0 Å². The van der Waals surface area contributed by atoms with Crippen molar-refractivity contribution in [2.75, 3.05) is 5.88 Å². The Kier molecular flexibility index (Phi) is 3.53. The lowest BCUT2D eigenvalue weighted by Crippen LogP contribution is -2.06. The molecular weight excluding hydrogens is 221 g/mol. The van der Waals surface area contributed by atoms with Gasteiger partial charge in [0.15, 0.2) is 12.1 Å². The van der Waals surface area contributed by atoms with Crippen LogP contribution >= 0.6 is 11.6 Å². The zero-order valence-corrected chi connectivity index (χ0v) is 8.21. The largest absolute Gasteiger partial charge is 0.298 e. The Labute approximate surface area is 90.1 Å². The second-order valence-electron chi connectivity index (χ2n) is 2.71. The van der Waals surface area contributed by atoms with E-state index in [2.05, 4.69) is 0 Å². The lowest BCUT2D eigenvalue weighted by atomic mass is 10.0. The van der Waals surface area contributed by atoms with Gasteiger partial charge in [-0.15, -0.1) is 11.6 Å². The van der Waals surface area contributed by atoms with Gasteiger partial charge in [-0.1, -0.05) is 0 Å². The fourth-order valence-electron chi connectivity index (χ4n) is 1.09. The summed E-state index contributed by atoms with van der Waals surface area (Å²) in [6, 6.07) is 3.46. The number of hydrogen-bond acceptors (Lipinski definition) is 3. The van der Waals surface area contributed by atoms with E-state index >= 15 is 0 Å². The molecule has 0 radical (unpaired) electrons. The standard InChI is InChI=1S/C10H5ClFNO2/c11-3-10(15)8-2-9(12)6(4-13)1-7(8)5-14/h1-2,5H,3H2. The van der Waals surface area contributed by atoms with Crippen molar-refractivity contribution in [1.82, 2.24) is 0 Å². The number of ketones is 1. The molecule has 15 heavy (non-hydrogen) atoms. The van der Waals surface area contributed by atoms with Crippen molar-refractivity contribution in [2.24, 2.45) is 0 Å². The lowest BCUT2D eigenvalue weighted by Gasteiger charge is -2.02. The molecule has 0 heterocycles. The van der Waals surface area contributed by atoms with Crippen molar-refractivity contribution < 1.29 is 14.0 Å². The Bertz CT molecular complexity index is 465. The number of benzene rings is 1. The number of nitriles is 1. The molecule has 0 aliphatic rings. The number of carbonyl (C=O) groups excluding carboxylic acids is 2. The molecule has 0 saturated carbocycles. The highest BCUT2D eigenvalue weighted by Crippen LogP contribution is 2.15. The molecule has 0 spiro atoms. The molecule has 0 aliphatic carbocycles. The first-order chi connectivity index (χ1) is 7.13. The molecule has 1 aromatic carbocycles. The molecule has 5 heteroatoms. The van der Waals surface area contributed by atoms with Crippen LogP contribution in [0.4, 0.5) is 4.39 Å². The number of nitrogens with zero attached hydrogens (tertiary/aromatic N) is 1. The van der Waals surface area contributed by atoms with Gasteiger partial charge < -0.3 is 0 Å². The molecule has 1 aromatic rings. The molecule has 0 aliphatic heterocycles. The molecular formula is C10H5ClFNO2. The van der Waals surface area contributed by atoms with Gasteiger partial charge in [-0.3, -0.25) is 9.59 Å². The minimum atomic E-state index is -0.837. The molecule has 0 aromatic heterocycles. The molecule has 3 nitrogen and oxygen atoms in total. The van der Waals surface area contributed by atoms with E-state index in [1.54, 1.807) is 6.07 Å². The molecule has 0 fully saturated rings. The number of alkyl halides is 1. The van der Waals surface area contributed by atoms with Crippen LogP contribution in [0.15, 0.2) is 12.1 Å². The van der Waals surface area contributed by atoms with E-state index in [-0.39, 0.29) is 22.6 Å². The Morgan fingerprint density at radius 1 is 1.60 bits per heavy atom.